The minimum atomic E-state index is 0.0203. The fourth-order valence-corrected chi connectivity index (χ4v) is 3.13. The highest BCUT2D eigenvalue weighted by molar-refractivity contribution is 7.99. The van der Waals surface area contributed by atoms with E-state index in [2.05, 4.69) is 22.4 Å². The highest BCUT2D eigenvalue weighted by atomic mass is 32.2. The number of nitrogens with zero attached hydrogens (tertiary/aromatic N) is 3. The van der Waals surface area contributed by atoms with Crippen LogP contribution < -0.4 is 10.1 Å². The Balaban J connectivity index is 2.01. The summed E-state index contributed by atoms with van der Waals surface area (Å²) in [5.41, 5.74) is 0.928. The smallest absolute Gasteiger partial charge is 0.230 e. The van der Waals surface area contributed by atoms with Crippen LogP contribution >= 0.6 is 11.8 Å². The van der Waals surface area contributed by atoms with E-state index in [0.29, 0.717) is 10.9 Å². The molecule has 6 nitrogen and oxygen atoms in total. The number of ether oxygens (including phenoxy) is 1. The molecule has 0 aliphatic heterocycles. The van der Waals surface area contributed by atoms with E-state index in [1.807, 2.05) is 42.8 Å². The van der Waals surface area contributed by atoms with Gasteiger partial charge in [-0.05, 0) is 25.5 Å². The Morgan fingerprint density at radius 1 is 1.42 bits per heavy atom. The summed E-state index contributed by atoms with van der Waals surface area (Å²) < 4.78 is 7.13. The van der Waals surface area contributed by atoms with Gasteiger partial charge in [-0.1, -0.05) is 37.2 Å². The lowest BCUT2D eigenvalue weighted by Gasteiger charge is -2.12. The van der Waals surface area contributed by atoms with E-state index in [-0.39, 0.29) is 11.9 Å². The van der Waals surface area contributed by atoms with Gasteiger partial charge >= 0.3 is 0 Å². The molecular formula is C17H24N4O2S. The molecule has 0 spiro atoms. The Bertz CT molecular complexity index is 687. The second kappa shape index (κ2) is 8.73. The van der Waals surface area contributed by atoms with Crippen molar-refractivity contribution >= 4 is 17.7 Å². The SMILES string of the molecule is CCCC(C)NC(=O)CSc1nnc(-c2cccc(OC)c2)n1C. The number of rotatable bonds is 8. The average molecular weight is 348 g/mol. The number of carbonyl (C=O) groups excluding carboxylic acids is 1. The van der Waals surface area contributed by atoms with E-state index >= 15 is 0 Å². The highest BCUT2D eigenvalue weighted by Gasteiger charge is 2.14. The number of methoxy groups -OCH3 is 1. The van der Waals surface area contributed by atoms with Gasteiger partial charge in [-0.25, -0.2) is 0 Å². The first-order chi connectivity index (χ1) is 11.5. The highest BCUT2D eigenvalue weighted by Crippen LogP contribution is 2.25. The molecule has 24 heavy (non-hydrogen) atoms. The second-order valence-electron chi connectivity index (χ2n) is 5.64. The summed E-state index contributed by atoms with van der Waals surface area (Å²) in [6, 6.07) is 7.88. The summed E-state index contributed by atoms with van der Waals surface area (Å²) in [5, 5.41) is 12.1. The van der Waals surface area contributed by atoms with E-state index in [1.165, 1.54) is 11.8 Å². The largest absolute Gasteiger partial charge is 0.497 e. The molecule has 2 rings (SSSR count). The first-order valence-corrected chi connectivity index (χ1v) is 8.99. The van der Waals surface area contributed by atoms with Crippen LogP contribution in [0.5, 0.6) is 5.75 Å². The van der Waals surface area contributed by atoms with Crippen LogP contribution in [0.2, 0.25) is 0 Å². The zero-order valence-corrected chi connectivity index (χ0v) is 15.4. The number of hydrogen-bond acceptors (Lipinski definition) is 5. The maximum absolute atomic E-state index is 12.0. The molecule has 1 heterocycles. The average Bonchev–Trinajstić information content (AvgIpc) is 2.94. The number of nitrogens with one attached hydrogen (secondary N) is 1. The van der Waals surface area contributed by atoms with Crippen molar-refractivity contribution in [3.63, 3.8) is 0 Å². The Hall–Kier alpha value is -2.02. The number of thioether (sulfide) groups is 1. The van der Waals surface area contributed by atoms with E-state index in [1.54, 1.807) is 7.11 Å². The van der Waals surface area contributed by atoms with E-state index in [4.69, 9.17) is 4.74 Å². The normalized spacial score (nSPS) is 12.0. The van der Waals surface area contributed by atoms with Crippen molar-refractivity contribution in [2.75, 3.05) is 12.9 Å². The van der Waals surface area contributed by atoms with Gasteiger partial charge in [-0.3, -0.25) is 4.79 Å². The molecule has 7 heteroatoms. The molecule has 0 saturated heterocycles. The monoisotopic (exact) mass is 348 g/mol. The lowest BCUT2D eigenvalue weighted by molar-refractivity contribution is -0.119. The van der Waals surface area contributed by atoms with Crippen molar-refractivity contribution in [1.82, 2.24) is 20.1 Å². The Morgan fingerprint density at radius 2 is 2.21 bits per heavy atom. The number of carbonyl (C=O) groups is 1. The minimum absolute atomic E-state index is 0.0203. The van der Waals surface area contributed by atoms with Crippen LogP contribution in [0.15, 0.2) is 29.4 Å². The number of aromatic nitrogens is 3. The van der Waals surface area contributed by atoms with Crippen molar-refractivity contribution in [3.05, 3.63) is 24.3 Å². The first-order valence-electron chi connectivity index (χ1n) is 8.01. The summed E-state index contributed by atoms with van der Waals surface area (Å²) >= 11 is 1.39. The molecule has 130 valence electrons. The van der Waals surface area contributed by atoms with Gasteiger partial charge < -0.3 is 14.6 Å². The molecule has 1 unspecified atom stereocenters. The van der Waals surface area contributed by atoms with Crippen molar-refractivity contribution in [2.24, 2.45) is 7.05 Å². The van der Waals surface area contributed by atoms with Gasteiger partial charge in [0, 0.05) is 18.7 Å². The lowest BCUT2D eigenvalue weighted by Crippen LogP contribution is -2.33. The molecule has 0 fully saturated rings. The predicted octanol–water partition coefficient (Wildman–Crippen LogP) is 2.89. The van der Waals surface area contributed by atoms with Crippen LogP contribution in [-0.4, -0.2) is 39.6 Å². The van der Waals surface area contributed by atoms with E-state index < -0.39 is 0 Å². The minimum Gasteiger partial charge on any atom is -0.497 e. The van der Waals surface area contributed by atoms with Crippen molar-refractivity contribution < 1.29 is 9.53 Å². The quantitative estimate of drug-likeness (QED) is 0.743. The third-order valence-corrected chi connectivity index (χ3v) is 4.64. The Kier molecular flexibility index (Phi) is 6.66. The van der Waals surface area contributed by atoms with E-state index in [0.717, 1.165) is 30.0 Å². The zero-order chi connectivity index (χ0) is 17.5. The number of amides is 1. The maximum Gasteiger partial charge on any atom is 0.230 e. The molecule has 0 bridgehead atoms. The third kappa shape index (κ3) is 4.74. The van der Waals surface area contributed by atoms with Crippen molar-refractivity contribution in [2.45, 2.75) is 37.9 Å². The van der Waals surface area contributed by atoms with Gasteiger partial charge in [0.15, 0.2) is 11.0 Å². The van der Waals surface area contributed by atoms with Crippen LogP contribution in [0.25, 0.3) is 11.4 Å². The molecule has 1 aromatic heterocycles. The molecule has 0 aliphatic carbocycles. The van der Waals surface area contributed by atoms with Crippen LogP contribution in [0.1, 0.15) is 26.7 Å². The predicted molar refractivity (Wildman–Crippen MR) is 96.2 cm³/mol. The molecule has 1 atom stereocenters. The zero-order valence-electron chi connectivity index (χ0n) is 14.6. The van der Waals surface area contributed by atoms with Crippen molar-refractivity contribution in [1.29, 1.82) is 0 Å². The first kappa shape index (κ1) is 18.3. The van der Waals surface area contributed by atoms with Crippen LogP contribution in [0, 0.1) is 0 Å². The van der Waals surface area contributed by atoms with Gasteiger partial charge in [0.2, 0.25) is 5.91 Å². The summed E-state index contributed by atoms with van der Waals surface area (Å²) in [6.45, 7) is 4.13. The molecule has 0 aliphatic rings. The number of hydrogen-bond donors (Lipinski definition) is 1. The summed E-state index contributed by atoms with van der Waals surface area (Å²) in [5.74, 6) is 1.87. The molecule has 1 amide bonds. The molecular weight excluding hydrogens is 324 g/mol. The fourth-order valence-electron chi connectivity index (χ4n) is 2.41. The maximum atomic E-state index is 12.0. The van der Waals surface area contributed by atoms with Crippen molar-refractivity contribution in [3.8, 4) is 17.1 Å². The second-order valence-corrected chi connectivity index (χ2v) is 6.59. The molecule has 1 N–H and O–H groups in total. The number of benzene rings is 1. The fraction of sp³-hybridized carbons (Fsp3) is 0.471. The topological polar surface area (TPSA) is 69.0 Å². The van der Waals surface area contributed by atoms with Gasteiger partial charge in [-0.15, -0.1) is 10.2 Å². The van der Waals surface area contributed by atoms with E-state index in [9.17, 15) is 4.79 Å². The summed E-state index contributed by atoms with van der Waals surface area (Å²) in [7, 11) is 3.53. The summed E-state index contributed by atoms with van der Waals surface area (Å²) in [6.07, 6.45) is 2.04. The van der Waals surface area contributed by atoms with Gasteiger partial charge in [0.05, 0.1) is 12.9 Å². The van der Waals surface area contributed by atoms with Gasteiger partial charge in [0.1, 0.15) is 5.75 Å². The Morgan fingerprint density at radius 3 is 2.92 bits per heavy atom. The van der Waals surface area contributed by atoms with Gasteiger partial charge in [-0.2, -0.15) is 0 Å². The summed E-state index contributed by atoms with van der Waals surface area (Å²) in [4.78, 5) is 12.0. The standard InChI is InChI=1S/C17H24N4O2S/c1-5-7-12(2)18-15(22)11-24-17-20-19-16(21(17)3)13-8-6-9-14(10-13)23-4/h6,8-10,12H,5,7,11H2,1-4H3,(H,18,22). The Labute approximate surface area is 147 Å². The molecule has 0 saturated carbocycles. The molecule has 1 aromatic carbocycles. The molecule has 2 aromatic rings. The lowest BCUT2D eigenvalue weighted by atomic mass is 10.2. The van der Waals surface area contributed by atoms with Crippen LogP contribution in [-0.2, 0) is 11.8 Å². The van der Waals surface area contributed by atoms with Crippen LogP contribution in [0.4, 0.5) is 0 Å². The van der Waals surface area contributed by atoms with Crippen LogP contribution in [0.3, 0.4) is 0 Å². The van der Waals surface area contributed by atoms with Gasteiger partial charge in [0.25, 0.3) is 0 Å². The third-order valence-electron chi connectivity index (χ3n) is 3.62. The molecule has 0 radical (unpaired) electrons.